The van der Waals surface area contributed by atoms with Gasteiger partial charge in [-0.05, 0) is 71.6 Å². The van der Waals surface area contributed by atoms with Crippen molar-refractivity contribution in [3.8, 4) is 11.3 Å². The molecule has 6 aromatic carbocycles. The van der Waals surface area contributed by atoms with Crippen molar-refractivity contribution in [2.75, 3.05) is 0 Å². The third kappa shape index (κ3) is 3.20. The van der Waals surface area contributed by atoms with Crippen molar-refractivity contribution in [2.24, 2.45) is 0 Å². The van der Waals surface area contributed by atoms with Crippen molar-refractivity contribution < 1.29 is 0 Å². The highest BCUT2D eigenvalue weighted by molar-refractivity contribution is 6.19. The van der Waals surface area contributed by atoms with Crippen LogP contribution in [-0.2, 0) is 5.41 Å². The molecule has 7 aromatic rings. The topological polar surface area (TPSA) is 12.9 Å². The van der Waals surface area contributed by atoms with Gasteiger partial charge < -0.3 is 0 Å². The van der Waals surface area contributed by atoms with E-state index in [-0.39, 0.29) is 5.41 Å². The lowest BCUT2D eigenvalue weighted by Crippen LogP contribution is -2.10. The molecular formula is C35H27N. The van der Waals surface area contributed by atoms with Gasteiger partial charge in [0.1, 0.15) is 0 Å². The molecule has 0 fully saturated rings. The molecule has 0 bridgehead atoms. The number of hydrogen-bond acceptors (Lipinski definition) is 1. The van der Waals surface area contributed by atoms with E-state index in [1.165, 1.54) is 59.4 Å². The molecular weight excluding hydrogens is 434 g/mol. The Balaban J connectivity index is 1.44. The van der Waals surface area contributed by atoms with Crippen LogP contribution in [0.3, 0.4) is 0 Å². The summed E-state index contributed by atoms with van der Waals surface area (Å²) in [6, 6.07) is 37.9. The Morgan fingerprint density at radius 1 is 0.472 bits per heavy atom. The van der Waals surface area contributed by atoms with Crippen molar-refractivity contribution in [3.05, 3.63) is 115 Å². The zero-order valence-electron chi connectivity index (χ0n) is 20.8. The molecule has 0 atom stereocenters. The van der Waals surface area contributed by atoms with Gasteiger partial charge in [0, 0.05) is 17.1 Å². The Bertz CT molecular complexity index is 1970. The molecule has 0 aliphatic carbocycles. The maximum absolute atomic E-state index is 4.86. The predicted octanol–water partition coefficient (Wildman–Crippen LogP) is 9.81. The Kier molecular flexibility index (Phi) is 4.47. The summed E-state index contributed by atoms with van der Waals surface area (Å²) >= 11 is 0. The molecule has 0 N–H and O–H groups in total. The van der Waals surface area contributed by atoms with Crippen LogP contribution in [0.5, 0.6) is 0 Å². The lowest BCUT2D eigenvalue weighted by atomic mass is 9.85. The minimum atomic E-state index is 0.122. The quantitative estimate of drug-likeness (QED) is 0.222. The molecule has 0 radical (unpaired) electrons. The van der Waals surface area contributed by atoms with Gasteiger partial charge >= 0.3 is 0 Å². The molecule has 0 saturated heterocycles. The van der Waals surface area contributed by atoms with E-state index in [0.717, 1.165) is 11.3 Å². The van der Waals surface area contributed by atoms with Gasteiger partial charge in [-0.15, -0.1) is 0 Å². The predicted molar refractivity (Wildman–Crippen MR) is 156 cm³/mol. The van der Waals surface area contributed by atoms with Crippen molar-refractivity contribution in [2.45, 2.75) is 26.2 Å². The first kappa shape index (κ1) is 21.1. The Morgan fingerprint density at radius 3 is 1.97 bits per heavy atom. The van der Waals surface area contributed by atoms with Gasteiger partial charge in [-0.3, -0.25) is 4.98 Å². The van der Waals surface area contributed by atoms with Gasteiger partial charge in [0.25, 0.3) is 0 Å². The van der Waals surface area contributed by atoms with Crippen LogP contribution in [0.1, 0.15) is 26.3 Å². The number of fused-ring (bicyclic) bond motifs is 8. The van der Waals surface area contributed by atoms with Gasteiger partial charge in [-0.25, -0.2) is 0 Å². The van der Waals surface area contributed by atoms with Crippen molar-refractivity contribution in [1.82, 2.24) is 4.98 Å². The third-order valence-corrected chi connectivity index (χ3v) is 7.64. The zero-order chi connectivity index (χ0) is 24.4. The van der Waals surface area contributed by atoms with E-state index in [1.807, 2.05) is 6.20 Å². The van der Waals surface area contributed by atoms with Crippen LogP contribution in [-0.4, -0.2) is 4.98 Å². The van der Waals surface area contributed by atoms with E-state index < -0.39 is 0 Å². The monoisotopic (exact) mass is 461 g/mol. The first-order chi connectivity index (χ1) is 17.5. The molecule has 36 heavy (non-hydrogen) atoms. The van der Waals surface area contributed by atoms with Crippen LogP contribution in [0, 0.1) is 0 Å². The summed E-state index contributed by atoms with van der Waals surface area (Å²) in [6.07, 6.45) is 1.95. The van der Waals surface area contributed by atoms with Crippen molar-refractivity contribution >= 4 is 53.9 Å². The summed E-state index contributed by atoms with van der Waals surface area (Å²) in [5.74, 6) is 0. The van der Waals surface area contributed by atoms with Crippen LogP contribution in [0.15, 0.2) is 109 Å². The molecule has 0 spiro atoms. The second-order valence-electron chi connectivity index (χ2n) is 10.9. The molecule has 0 unspecified atom stereocenters. The van der Waals surface area contributed by atoms with Crippen LogP contribution in [0.25, 0.3) is 65.1 Å². The lowest BCUT2D eigenvalue weighted by molar-refractivity contribution is 0.591. The molecule has 1 aromatic heterocycles. The number of hydrogen-bond donors (Lipinski definition) is 0. The largest absolute Gasteiger partial charge is 0.256 e. The molecule has 1 heteroatoms. The molecule has 0 aliphatic heterocycles. The standard InChI is InChI=1S/C35H27N/c1-35(2,3)26-13-10-23-8-9-24-20-25(12-14-28(24)33(23)21-26)34-32-17-16-29-27-7-5-4-6-22(27)11-15-30(29)31(32)18-19-36-34/h4-21H,1-3H3. The maximum atomic E-state index is 4.86. The summed E-state index contributed by atoms with van der Waals surface area (Å²) in [6.45, 7) is 6.82. The number of aromatic nitrogens is 1. The number of rotatable bonds is 1. The fraction of sp³-hybridized carbons (Fsp3) is 0.114. The second-order valence-corrected chi connectivity index (χ2v) is 10.9. The van der Waals surface area contributed by atoms with E-state index in [0.29, 0.717) is 0 Å². The molecule has 1 heterocycles. The van der Waals surface area contributed by atoms with Crippen LogP contribution >= 0.6 is 0 Å². The average molecular weight is 462 g/mol. The Hall–Kier alpha value is -4.23. The van der Waals surface area contributed by atoms with Crippen LogP contribution < -0.4 is 0 Å². The van der Waals surface area contributed by atoms with Crippen LogP contribution in [0.4, 0.5) is 0 Å². The highest BCUT2D eigenvalue weighted by atomic mass is 14.7. The van der Waals surface area contributed by atoms with Crippen molar-refractivity contribution in [3.63, 3.8) is 0 Å². The summed E-state index contributed by atoms with van der Waals surface area (Å²) in [4.78, 5) is 4.86. The molecule has 0 aliphatic rings. The molecule has 0 saturated carbocycles. The Labute approximate surface area is 211 Å². The normalized spacial score (nSPS) is 12.3. The van der Waals surface area contributed by atoms with E-state index in [9.17, 15) is 0 Å². The Morgan fingerprint density at radius 2 is 1.08 bits per heavy atom. The van der Waals surface area contributed by atoms with Crippen molar-refractivity contribution in [1.29, 1.82) is 0 Å². The summed E-state index contributed by atoms with van der Waals surface area (Å²) in [5, 5.41) is 12.7. The van der Waals surface area contributed by atoms with E-state index in [4.69, 9.17) is 4.98 Å². The molecule has 1 nitrogen and oxygen atoms in total. The van der Waals surface area contributed by atoms with Crippen LogP contribution in [0.2, 0.25) is 0 Å². The molecule has 172 valence electrons. The molecule has 7 rings (SSSR count). The average Bonchev–Trinajstić information content (AvgIpc) is 2.91. The van der Waals surface area contributed by atoms with Gasteiger partial charge in [0.2, 0.25) is 0 Å². The number of pyridine rings is 1. The maximum Gasteiger partial charge on any atom is 0.0780 e. The second kappa shape index (κ2) is 7.63. The van der Waals surface area contributed by atoms with Gasteiger partial charge in [-0.2, -0.15) is 0 Å². The SMILES string of the molecule is CC(C)(C)c1ccc2ccc3cc(-c4nccc5c4ccc4c6ccccc6ccc54)ccc3c2c1. The van der Waals surface area contributed by atoms with Gasteiger partial charge in [0.15, 0.2) is 0 Å². The zero-order valence-corrected chi connectivity index (χ0v) is 20.8. The van der Waals surface area contributed by atoms with E-state index >= 15 is 0 Å². The third-order valence-electron chi connectivity index (χ3n) is 7.64. The van der Waals surface area contributed by atoms with Gasteiger partial charge in [0.05, 0.1) is 5.69 Å². The summed E-state index contributed by atoms with van der Waals surface area (Å²) < 4.78 is 0. The lowest BCUT2D eigenvalue weighted by Gasteiger charge is -2.20. The minimum absolute atomic E-state index is 0.122. The highest BCUT2D eigenvalue weighted by Gasteiger charge is 2.15. The number of nitrogens with zero attached hydrogens (tertiary/aromatic N) is 1. The minimum Gasteiger partial charge on any atom is -0.256 e. The fourth-order valence-electron chi connectivity index (χ4n) is 5.66. The first-order valence-electron chi connectivity index (χ1n) is 12.6. The summed E-state index contributed by atoms with van der Waals surface area (Å²) in [5.41, 5.74) is 3.67. The summed E-state index contributed by atoms with van der Waals surface area (Å²) in [7, 11) is 0. The van der Waals surface area contributed by atoms with Gasteiger partial charge in [-0.1, -0.05) is 112 Å². The van der Waals surface area contributed by atoms with E-state index in [1.54, 1.807) is 0 Å². The molecule has 0 amide bonds. The highest BCUT2D eigenvalue weighted by Crippen LogP contribution is 2.37. The van der Waals surface area contributed by atoms with E-state index in [2.05, 4.69) is 124 Å². The first-order valence-corrected chi connectivity index (χ1v) is 12.6. The number of benzene rings is 6. The fourth-order valence-corrected chi connectivity index (χ4v) is 5.66. The smallest absolute Gasteiger partial charge is 0.0780 e.